The summed E-state index contributed by atoms with van der Waals surface area (Å²) in [5, 5.41) is 12.9. The first kappa shape index (κ1) is 17.8. The Balaban J connectivity index is 1.92. The molecule has 2 N–H and O–H groups in total. The highest BCUT2D eigenvalue weighted by atomic mass is 16.5. The van der Waals surface area contributed by atoms with Crippen molar-refractivity contribution < 1.29 is 19.4 Å². The van der Waals surface area contributed by atoms with Gasteiger partial charge in [0.05, 0.1) is 14.2 Å². The van der Waals surface area contributed by atoms with Crippen LogP contribution in [0.4, 0.5) is 0 Å². The molecule has 0 spiro atoms. The van der Waals surface area contributed by atoms with E-state index in [1.54, 1.807) is 20.3 Å². The van der Waals surface area contributed by atoms with Crippen LogP contribution in [0, 0.1) is 6.92 Å². The summed E-state index contributed by atoms with van der Waals surface area (Å²) in [5.41, 5.74) is 2.53. The van der Waals surface area contributed by atoms with Crippen molar-refractivity contribution in [2.75, 3.05) is 20.8 Å². The topological polar surface area (TPSA) is 67.8 Å². The summed E-state index contributed by atoms with van der Waals surface area (Å²) < 4.78 is 10.5. The van der Waals surface area contributed by atoms with E-state index < -0.39 is 12.0 Å². The predicted octanol–water partition coefficient (Wildman–Crippen LogP) is 2.40. The second kappa shape index (κ2) is 8.36. The number of aryl methyl sites for hydroxylation is 1. The molecule has 24 heavy (non-hydrogen) atoms. The van der Waals surface area contributed by atoms with Gasteiger partial charge in [-0.3, -0.25) is 4.79 Å². The smallest absolute Gasteiger partial charge is 0.253 e. The van der Waals surface area contributed by atoms with Crippen molar-refractivity contribution in [2.24, 2.45) is 0 Å². The van der Waals surface area contributed by atoms with Crippen LogP contribution in [0.2, 0.25) is 0 Å². The lowest BCUT2D eigenvalue weighted by Crippen LogP contribution is -2.31. The van der Waals surface area contributed by atoms with Crippen molar-refractivity contribution >= 4 is 5.91 Å². The van der Waals surface area contributed by atoms with Gasteiger partial charge in [0, 0.05) is 6.54 Å². The van der Waals surface area contributed by atoms with E-state index in [1.807, 2.05) is 43.3 Å². The SMILES string of the molecule is COc1ccc(CCNC(=O)C(O)c2ccccc2C)cc1OC. The lowest BCUT2D eigenvalue weighted by Gasteiger charge is -2.14. The summed E-state index contributed by atoms with van der Waals surface area (Å²) in [4.78, 5) is 12.1. The highest BCUT2D eigenvalue weighted by molar-refractivity contribution is 5.82. The van der Waals surface area contributed by atoms with Crippen LogP contribution in [-0.4, -0.2) is 31.8 Å². The van der Waals surface area contributed by atoms with E-state index in [9.17, 15) is 9.90 Å². The molecule has 0 saturated heterocycles. The second-order valence-electron chi connectivity index (χ2n) is 5.49. The van der Waals surface area contributed by atoms with Gasteiger partial charge in [0.2, 0.25) is 0 Å². The predicted molar refractivity (Wildman–Crippen MR) is 92.4 cm³/mol. The number of carbonyl (C=O) groups is 1. The molecule has 128 valence electrons. The molecule has 5 heteroatoms. The minimum absolute atomic E-state index is 0.398. The molecule has 0 saturated carbocycles. The van der Waals surface area contributed by atoms with Crippen LogP contribution in [0.15, 0.2) is 42.5 Å². The molecule has 0 aliphatic carbocycles. The van der Waals surface area contributed by atoms with Crippen LogP contribution in [0.5, 0.6) is 11.5 Å². The van der Waals surface area contributed by atoms with E-state index in [-0.39, 0.29) is 0 Å². The zero-order chi connectivity index (χ0) is 17.5. The number of nitrogens with one attached hydrogen (secondary N) is 1. The summed E-state index contributed by atoms with van der Waals surface area (Å²) in [7, 11) is 3.17. The van der Waals surface area contributed by atoms with Crippen LogP contribution >= 0.6 is 0 Å². The van der Waals surface area contributed by atoms with Crippen molar-refractivity contribution in [3.05, 3.63) is 59.2 Å². The van der Waals surface area contributed by atoms with Gasteiger partial charge in [0.1, 0.15) is 0 Å². The van der Waals surface area contributed by atoms with Crippen LogP contribution in [0.3, 0.4) is 0 Å². The molecule has 2 aromatic carbocycles. The van der Waals surface area contributed by atoms with Gasteiger partial charge in [-0.1, -0.05) is 30.3 Å². The third-order valence-corrected chi connectivity index (χ3v) is 3.89. The van der Waals surface area contributed by atoms with E-state index in [0.29, 0.717) is 30.0 Å². The number of amides is 1. The van der Waals surface area contributed by atoms with Crippen molar-refractivity contribution in [2.45, 2.75) is 19.4 Å². The lowest BCUT2D eigenvalue weighted by molar-refractivity contribution is -0.129. The van der Waals surface area contributed by atoms with E-state index in [4.69, 9.17) is 9.47 Å². The Kier molecular flexibility index (Phi) is 6.21. The van der Waals surface area contributed by atoms with Crippen LogP contribution < -0.4 is 14.8 Å². The van der Waals surface area contributed by atoms with Crippen LogP contribution in [-0.2, 0) is 11.2 Å². The molecule has 0 radical (unpaired) electrons. The average molecular weight is 329 g/mol. The average Bonchev–Trinajstić information content (AvgIpc) is 2.61. The molecule has 5 nitrogen and oxygen atoms in total. The zero-order valence-electron chi connectivity index (χ0n) is 14.2. The summed E-state index contributed by atoms with van der Waals surface area (Å²) in [5.74, 6) is 0.923. The standard InChI is InChI=1S/C19H23NO4/c1-13-6-4-5-7-15(13)18(21)19(22)20-11-10-14-8-9-16(23-2)17(12-14)24-3/h4-9,12,18,21H,10-11H2,1-3H3,(H,20,22). The Morgan fingerprint density at radius 1 is 1.12 bits per heavy atom. The van der Waals surface area contributed by atoms with Crippen molar-refractivity contribution in [1.29, 1.82) is 0 Å². The fourth-order valence-corrected chi connectivity index (χ4v) is 2.50. The number of aliphatic hydroxyl groups excluding tert-OH is 1. The minimum Gasteiger partial charge on any atom is -0.493 e. The molecule has 0 bridgehead atoms. The molecular weight excluding hydrogens is 306 g/mol. The maximum atomic E-state index is 12.1. The summed E-state index contributed by atoms with van der Waals surface area (Å²) in [6.45, 7) is 2.30. The Hall–Kier alpha value is -2.53. The highest BCUT2D eigenvalue weighted by Crippen LogP contribution is 2.27. The highest BCUT2D eigenvalue weighted by Gasteiger charge is 2.18. The monoisotopic (exact) mass is 329 g/mol. The van der Waals surface area contributed by atoms with Gasteiger partial charge in [0.25, 0.3) is 5.91 Å². The minimum atomic E-state index is -1.16. The number of carbonyl (C=O) groups excluding carboxylic acids is 1. The number of aliphatic hydroxyl groups is 1. The summed E-state index contributed by atoms with van der Waals surface area (Å²) >= 11 is 0. The number of methoxy groups -OCH3 is 2. The number of ether oxygens (including phenoxy) is 2. The van der Waals surface area contributed by atoms with Gasteiger partial charge in [0.15, 0.2) is 17.6 Å². The van der Waals surface area contributed by atoms with Crippen molar-refractivity contribution in [3.63, 3.8) is 0 Å². The molecule has 2 rings (SSSR count). The quantitative estimate of drug-likeness (QED) is 0.818. The Bertz CT molecular complexity index is 700. The molecule has 0 heterocycles. The number of rotatable bonds is 7. The molecule has 0 aromatic heterocycles. The number of hydrogen-bond acceptors (Lipinski definition) is 4. The Labute approximate surface area is 142 Å². The lowest BCUT2D eigenvalue weighted by atomic mass is 10.0. The third kappa shape index (κ3) is 4.26. The molecule has 0 aliphatic heterocycles. The first-order valence-electron chi connectivity index (χ1n) is 7.79. The Morgan fingerprint density at radius 3 is 2.50 bits per heavy atom. The van der Waals surface area contributed by atoms with Gasteiger partial charge in [-0.2, -0.15) is 0 Å². The maximum Gasteiger partial charge on any atom is 0.253 e. The molecular formula is C19H23NO4. The fourth-order valence-electron chi connectivity index (χ4n) is 2.50. The van der Waals surface area contributed by atoms with Crippen molar-refractivity contribution in [3.8, 4) is 11.5 Å². The molecule has 1 unspecified atom stereocenters. The van der Waals surface area contributed by atoms with Gasteiger partial charge < -0.3 is 19.9 Å². The first-order chi connectivity index (χ1) is 11.6. The summed E-state index contributed by atoms with van der Waals surface area (Å²) in [6, 6.07) is 12.9. The summed E-state index contributed by atoms with van der Waals surface area (Å²) in [6.07, 6.45) is -0.524. The largest absolute Gasteiger partial charge is 0.493 e. The molecule has 0 fully saturated rings. The van der Waals surface area contributed by atoms with E-state index in [0.717, 1.165) is 11.1 Å². The molecule has 2 aromatic rings. The molecule has 1 amide bonds. The van der Waals surface area contributed by atoms with Crippen LogP contribution in [0.1, 0.15) is 22.8 Å². The molecule has 1 atom stereocenters. The van der Waals surface area contributed by atoms with Crippen molar-refractivity contribution in [1.82, 2.24) is 5.32 Å². The van der Waals surface area contributed by atoms with E-state index in [1.165, 1.54) is 0 Å². The second-order valence-corrected chi connectivity index (χ2v) is 5.49. The number of hydrogen-bond donors (Lipinski definition) is 2. The number of benzene rings is 2. The Morgan fingerprint density at radius 2 is 1.83 bits per heavy atom. The van der Waals surface area contributed by atoms with E-state index >= 15 is 0 Å². The zero-order valence-corrected chi connectivity index (χ0v) is 14.2. The van der Waals surface area contributed by atoms with Gasteiger partial charge in [-0.25, -0.2) is 0 Å². The normalized spacial score (nSPS) is 11.7. The first-order valence-corrected chi connectivity index (χ1v) is 7.79. The van der Waals surface area contributed by atoms with Gasteiger partial charge in [-0.05, 0) is 42.2 Å². The maximum absolute atomic E-state index is 12.1. The van der Waals surface area contributed by atoms with Gasteiger partial charge >= 0.3 is 0 Å². The van der Waals surface area contributed by atoms with Crippen LogP contribution in [0.25, 0.3) is 0 Å². The fraction of sp³-hybridized carbons (Fsp3) is 0.316. The third-order valence-electron chi connectivity index (χ3n) is 3.89. The molecule has 0 aliphatic rings. The van der Waals surface area contributed by atoms with Gasteiger partial charge in [-0.15, -0.1) is 0 Å². The van der Waals surface area contributed by atoms with E-state index in [2.05, 4.69) is 5.32 Å².